The third-order valence-electron chi connectivity index (χ3n) is 5.03. The fraction of sp³-hybridized carbons (Fsp3) is 0.556. The first-order valence-electron chi connectivity index (χ1n) is 8.43. The van der Waals surface area contributed by atoms with E-state index in [9.17, 15) is 9.59 Å². The second-order valence-corrected chi connectivity index (χ2v) is 6.98. The molecule has 0 radical (unpaired) electrons. The Morgan fingerprint density at radius 3 is 2.65 bits per heavy atom. The average Bonchev–Trinajstić information content (AvgIpc) is 3.28. The zero-order valence-electron chi connectivity index (χ0n) is 13.9. The molecule has 124 valence electrons. The van der Waals surface area contributed by atoms with E-state index in [0.717, 1.165) is 43.5 Å². The smallest absolute Gasteiger partial charge is 0.254 e. The molecule has 2 amide bonds. The van der Waals surface area contributed by atoms with Crippen LogP contribution in [-0.2, 0) is 4.79 Å². The van der Waals surface area contributed by atoms with Gasteiger partial charge in [0.2, 0.25) is 5.91 Å². The maximum absolute atomic E-state index is 12.7. The molecule has 23 heavy (non-hydrogen) atoms. The zero-order valence-corrected chi connectivity index (χ0v) is 13.9. The highest BCUT2D eigenvalue weighted by molar-refractivity contribution is 6.01. The van der Waals surface area contributed by atoms with Crippen LogP contribution in [0.25, 0.3) is 0 Å². The highest BCUT2D eigenvalue weighted by Crippen LogP contribution is 2.33. The fourth-order valence-electron chi connectivity index (χ4n) is 3.11. The van der Waals surface area contributed by atoms with Crippen molar-refractivity contribution in [2.75, 3.05) is 11.9 Å². The largest absolute Gasteiger partial charge is 0.336 e. The van der Waals surface area contributed by atoms with E-state index in [4.69, 9.17) is 5.73 Å². The summed E-state index contributed by atoms with van der Waals surface area (Å²) in [7, 11) is 0. The quantitative estimate of drug-likeness (QED) is 0.899. The van der Waals surface area contributed by atoms with Crippen molar-refractivity contribution in [2.45, 2.75) is 57.5 Å². The minimum absolute atomic E-state index is 0.0793. The molecule has 1 saturated carbocycles. The monoisotopic (exact) mass is 315 g/mol. The second-order valence-electron chi connectivity index (χ2n) is 6.98. The number of nitrogens with one attached hydrogen (secondary N) is 1. The molecule has 5 heteroatoms. The first-order chi connectivity index (χ1) is 10.9. The molecular weight excluding hydrogens is 290 g/mol. The van der Waals surface area contributed by atoms with Gasteiger partial charge in [-0.15, -0.1) is 0 Å². The van der Waals surface area contributed by atoms with E-state index in [1.165, 1.54) is 6.42 Å². The lowest BCUT2D eigenvalue weighted by atomic mass is 10.0. The fourth-order valence-corrected chi connectivity index (χ4v) is 3.11. The summed E-state index contributed by atoms with van der Waals surface area (Å²) >= 11 is 0. The summed E-state index contributed by atoms with van der Waals surface area (Å²) in [5.41, 5.74) is 7.52. The van der Waals surface area contributed by atoms with Gasteiger partial charge >= 0.3 is 0 Å². The molecule has 0 bridgehead atoms. The first kappa shape index (κ1) is 16.0. The number of piperidine rings is 1. The van der Waals surface area contributed by atoms with Crippen LogP contribution in [0.4, 0.5) is 5.69 Å². The van der Waals surface area contributed by atoms with Crippen molar-refractivity contribution < 1.29 is 9.59 Å². The highest BCUT2D eigenvalue weighted by Gasteiger charge is 2.46. The lowest BCUT2D eigenvalue weighted by Crippen LogP contribution is -2.42. The van der Waals surface area contributed by atoms with Crippen LogP contribution in [0.3, 0.4) is 0 Å². The van der Waals surface area contributed by atoms with E-state index in [1.54, 1.807) is 12.1 Å². The Bertz CT molecular complexity index is 637. The molecular formula is C18H25N3O2. The van der Waals surface area contributed by atoms with Crippen molar-refractivity contribution in [2.24, 2.45) is 5.73 Å². The van der Waals surface area contributed by atoms with Gasteiger partial charge in [0.05, 0.1) is 5.54 Å². The van der Waals surface area contributed by atoms with E-state index in [1.807, 2.05) is 17.9 Å². The molecule has 1 heterocycles. The van der Waals surface area contributed by atoms with Crippen molar-refractivity contribution in [3.63, 3.8) is 0 Å². The van der Waals surface area contributed by atoms with Gasteiger partial charge in [0.25, 0.3) is 5.91 Å². The van der Waals surface area contributed by atoms with Crippen molar-refractivity contribution in [1.29, 1.82) is 0 Å². The molecule has 1 saturated heterocycles. The predicted octanol–water partition coefficient (Wildman–Crippen LogP) is 2.44. The molecule has 1 aliphatic heterocycles. The summed E-state index contributed by atoms with van der Waals surface area (Å²) in [5, 5.41) is 2.88. The Kier molecular flexibility index (Phi) is 4.15. The summed E-state index contributed by atoms with van der Waals surface area (Å²) < 4.78 is 0. The van der Waals surface area contributed by atoms with Crippen molar-refractivity contribution >= 4 is 17.5 Å². The Balaban J connectivity index is 1.73. The lowest BCUT2D eigenvalue weighted by molar-refractivity contribution is -0.118. The summed E-state index contributed by atoms with van der Waals surface area (Å²) in [6.45, 7) is 4.84. The van der Waals surface area contributed by atoms with Crippen LogP contribution < -0.4 is 11.1 Å². The first-order valence-corrected chi connectivity index (χ1v) is 8.43. The van der Waals surface area contributed by atoms with Gasteiger partial charge < -0.3 is 16.0 Å². The summed E-state index contributed by atoms with van der Waals surface area (Å²) in [6.07, 6.45) is 4.80. The standard InChI is InChI=1S/C18H25N3O2/c1-12-11-14(16(22)21-10-4-3-5-13(21)2)6-7-15(12)20-17(23)18(19)8-9-18/h6-7,11,13H,3-5,8-10,19H2,1-2H3,(H,20,23). The Morgan fingerprint density at radius 2 is 2.04 bits per heavy atom. The maximum atomic E-state index is 12.7. The number of nitrogens with two attached hydrogens (primary N) is 1. The van der Waals surface area contributed by atoms with Crippen LogP contribution in [0, 0.1) is 6.92 Å². The van der Waals surface area contributed by atoms with Crippen LogP contribution in [-0.4, -0.2) is 34.8 Å². The number of aryl methyl sites for hydroxylation is 1. The number of likely N-dealkylation sites (tertiary alicyclic amines) is 1. The number of carbonyl (C=O) groups is 2. The summed E-state index contributed by atoms with van der Waals surface area (Å²) in [5.74, 6) is -0.0556. The van der Waals surface area contributed by atoms with E-state index < -0.39 is 5.54 Å². The summed E-state index contributed by atoms with van der Waals surface area (Å²) in [6, 6.07) is 5.75. The highest BCUT2D eigenvalue weighted by atomic mass is 16.2. The van der Waals surface area contributed by atoms with E-state index in [0.29, 0.717) is 11.6 Å². The van der Waals surface area contributed by atoms with Crippen LogP contribution in [0.15, 0.2) is 18.2 Å². The molecule has 5 nitrogen and oxygen atoms in total. The number of benzene rings is 1. The van der Waals surface area contributed by atoms with Crippen LogP contribution >= 0.6 is 0 Å². The minimum atomic E-state index is -0.690. The zero-order chi connectivity index (χ0) is 16.6. The molecule has 0 aromatic heterocycles. The molecule has 1 unspecified atom stereocenters. The topological polar surface area (TPSA) is 75.4 Å². The molecule has 1 aliphatic carbocycles. The van der Waals surface area contributed by atoms with Crippen LogP contribution in [0.1, 0.15) is 54.9 Å². The minimum Gasteiger partial charge on any atom is -0.336 e. The summed E-state index contributed by atoms with van der Waals surface area (Å²) in [4.78, 5) is 26.7. The second kappa shape index (κ2) is 5.96. The number of anilines is 1. The van der Waals surface area contributed by atoms with Gasteiger partial charge in [0.1, 0.15) is 0 Å². The van der Waals surface area contributed by atoms with Crippen molar-refractivity contribution in [3.05, 3.63) is 29.3 Å². The van der Waals surface area contributed by atoms with Gasteiger partial charge in [-0.2, -0.15) is 0 Å². The average molecular weight is 315 g/mol. The number of carbonyl (C=O) groups excluding carboxylic acids is 2. The maximum Gasteiger partial charge on any atom is 0.254 e. The SMILES string of the molecule is Cc1cc(C(=O)N2CCCCC2C)ccc1NC(=O)C1(N)CC1. The molecule has 3 N–H and O–H groups in total. The van der Waals surface area contributed by atoms with Crippen LogP contribution in [0.5, 0.6) is 0 Å². The van der Waals surface area contributed by atoms with Crippen molar-refractivity contribution in [3.8, 4) is 0 Å². The molecule has 1 aromatic carbocycles. The van der Waals surface area contributed by atoms with E-state index >= 15 is 0 Å². The molecule has 3 rings (SSSR count). The van der Waals surface area contributed by atoms with E-state index in [-0.39, 0.29) is 11.8 Å². The number of hydrogen-bond acceptors (Lipinski definition) is 3. The number of amides is 2. The van der Waals surface area contributed by atoms with Gasteiger partial charge in [-0.25, -0.2) is 0 Å². The Labute approximate surface area is 137 Å². The van der Waals surface area contributed by atoms with E-state index in [2.05, 4.69) is 12.2 Å². The normalized spacial score (nSPS) is 22.6. The van der Waals surface area contributed by atoms with Crippen molar-refractivity contribution in [1.82, 2.24) is 4.90 Å². The number of hydrogen-bond donors (Lipinski definition) is 2. The lowest BCUT2D eigenvalue weighted by Gasteiger charge is -2.33. The molecule has 2 fully saturated rings. The molecule has 2 aliphatic rings. The number of rotatable bonds is 3. The number of nitrogens with zero attached hydrogens (tertiary/aromatic N) is 1. The molecule has 0 spiro atoms. The van der Waals surface area contributed by atoms with Gasteiger partial charge in [-0.05, 0) is 69.7 Å². The predicted molar refractivity (Wildman–Crippen MR) is 90.3 cm³/mol. The third-order valence-corrected chi connectivity index (χ3v) is 5.03. The van der Waals surface area contributed by atoms with Crippen LogP contribution in [0.2, 0.25) is 0 Å². The van der Waals surface area contributed by atoms with Gasteiger partial charge in [0, 0.05) is 23.8 Å². The molecule has 1 atom stereocenters. The van der Waals surface area contributed by atoms with Gasteiger partial charge in [0.15, 0.2) is 0 Å². The Hall–Kier alpha value is -1.88. The molecule has 1 aromatic rings. The van der Waals surface area contributed by atoms with Gasteiger partial charge in [-0.3, -0.25) is 9.59 Å². The third kappa shape index (κ3) is 3.24. The van der Waals surface area contributed by atoms with Gasteiger partial charge in [-0.1, -0.05) is 0 Å². The Morgan fingerprint density at radius 1 is 1.30 bits per heavy atom.